The van der Waals surface area contributed by atoms with Crippen LogP contribution in [0.4, 0.5) is 24.5 Å². The van der Waals surface area contributed by atoms with E-state index in [4.69, 9.17) is 4.74 Å². The lowest BCUT2D eigenvalue weighted by molar-refractivity contribution is -0.240. The van der Waals surface area contributed by atoms with Crippen LogP contribution in [0.5, 0.6) is 0 Å². The first-order valence-corrected chi connectivity index (χ1v) is 9.02. The van der Waals surface area contributed by atoms with Crippen LogP contribution in [0, 0.1) is 0 Å². The molecule has 0 fully saturated rings. The van der Waals surface area contributed by atoms with E-state index in [1.165, 1.54) is 0 Å². The number of halogens is 3. The van der Waals surface area contributed by atoms with E-state index in [0.717, 1.165) is 16.5 Å². The molecular formula is C22H21F3N2O. The number of nitrogens with zero attached hydrogens (tertiary/aromatic N) is 2. The Labute approximate surface area is 161 Å². The Morgan fingerprint density at radius 3 is 2.25 bits per heavy atom. The first kappa shape index (κ1) is 18.6. The largest absolute Gasteiger partial charge is 0.419 e. The Morgan fingerprint density at radius 1 is 0.893 bits per heavy atom. The maximum absolute atomic E-state index is 13.9. The molecule has 0 amide bonds. The van der Waals surface area contributed by atoms with Crippen molar-refractivity contribution in [3.05, 3.63) is 71.8 Å². The van der Waals surface area contributed by atoms with Gasteiger partial charge in [-0.3, -0.25) is 0 Å². The number of ether oxygens (including phenoxy) is 1. The third kappa shape index (κ3) is 2.98. The molecule has 0 bridgehead atoms. The first-order valence-electron chi connectivity index (χ1n) is 9.02. The highest BCUT2D eigenvalue weighted by molar-refractivity contribution is 6.03. The normalized spacial score (nSPS) is 19.6. The zero-order valence-electron chi connectivity index (χ0n) is 15.9. The van der Waals surface area contributed by atoms with Gasteiger partial charge in [-0.15, -0.1) is 0 Å². The van der Waals surface area contributed by atoms with E-state index < -0.39 is 18.5 Å². The molecule has 0 aliphatic carbocycles. The number of fused-ring (bicyclic) bond motifs is 3. The summed E-state index contributed by atoms with van der Waals surface area (Å²) in [5.41, 5.74) is 2.35. The quantitative estimate of drug-likeness (QED) is 0.564. The van der Waals surface area contributed by atoms with E-state index in [1.807, 2.05) is 43.3 Å². The van der Waals surface area contributed by atoms with E-state index in [1.54, 1.807) is 48.3 Å². The molecule has 146 valence electrons. The van der Waals surface area contributed by atoms with Crippen molar-refractivity contribution in [3.8, 4) is 0 Å². The number of hydrogen-bond donors (Lipinski definition) is 0. The summed E-state index contributed by atoms with van der Waals surface area (Å²) in [7, 11) is 5.63. The minimum Gasteiger partial charge on any atom is -0.377 e. The molecule has 1 aliphatic heterocycles. The maximum Gasteiger partial charge on any atom is 0.419 e. The van der Waals surface area contributed by atoms with Gasteiger partial charge in [0.2, 0.25) is 0 Å². The molecule has 3 nitrogen and oxygen atoms in total. The number of alkyl halides is 3. The van der Waals surface area contributed by atoms with Crippen molar-refractivity contribution in [1.29, 1.82) is 0 Å². The molecule has 1 heterocycles. The minimum atomic E-state index is -4.50. The standard InChI is InChI=1S/C22H21F3N2O/c1-26(2)18-11-7-10-16-15(18)12-13-17-19(16)27(3)21(14-8-5-4-6-9-14)28-20(17)22(23,24)25/h4-13,20-21H,1-3H3. The Kier molecular flexibility index (Phi) is 4.46. The van der Waals surface area contributed by atoms with Gasteiger partial charge in [-0.2, -0.15) is 13.2 Å². The average molecular weight is 386 g/mol. The van der Waals surface area contributed by atoms with Crippen molar-refractivity contribution < 1.29 is 17.9 Å². The zero-order valence-corrected chi connectivity index (χ0v) is 15.9. The second-order valence-electron chi connectivity index (χ2n) is 7.20. The van der Waals surface area contributed by atoms with Gasteiger partial charge in [-0.25, -0.2) is 0 Å². The lowest BCUT2D eigenvalue weighted by Crippen LogP contribution is -2.38. The van der Waals surface area contributed by atoms with Crippen LogP contribution < -0.4 is 9.80 Å². The number of rotatable bonds is 2. The van der Waals surface area contributed by atoms with Gasteiger partial charge in [-0.1, -0.05) is 54.6 Å². The highest BCUT2D eigenvalue weighted by atomic mass is 19.4. The van der Waals surface area contributed by atoms with Crippen LogP contribution in [0.25, 0.3) is 10.8 Å². The highest BCUT2D eigenvalue weighted by Gasteiger charge is 2.48. The number of benzene rings is 3. The molecule has 4 rings (SSSR count). The molecule has 0 aromatic heterocycles. The molecule has 0 N–H and O–H groups in total. The van der Waals surface area contributed by atoms with E-state index in [0.29, 0.717) is 11.3 Å². The Balaban J connectivity index is 1.98. The van der Waals surface area contributed by atoms with E-state index in [-0.39, 0.29) is 5.56 Å². The fraction of sp³-hybridized carbons (Fsp3) is 0.273. The van der Waals surface area contributed by atoms with E-state index in [2.05, 4.69) is 0 Å². The van der Waals surface area contributed by atoms with Crippen LogP contribution in [0.3, 0.4) is 0 Å². The van der Waals surface area contributed by atoms with Crippen LogP contribution in [0.15, 0.2) is 60.7 Å². The minimum absolute atomic E-state index is 0.144. The van der Waals surface area contributed by atoms with E-state index >= 15 is 0 Å². The van der Waals surface area contributed by atoms with Gasteiger partial charge in [0.15, 0.2) is 12.3 Å². The molecule has 2 atom stereocenters. The van der Waals surface area contributed by atoms with Crippen molar-refractivity contribution in [2.24, 2.45) is 0 Å². The van der Waals surface area contributed by atoms with Crippen LogP contribution in [-0.2, 0) is 4.74 Å². The molecule has 1 aliphatic rings. The molecule has 2 unspecified atom stereocenters. The third-order valence-electron chi connectivity index (χ3n) is 5.16. The number of hydrogen-bond acceptors (Lipinski definition) is 3. The summed E-state index contributed by atoms with van der Waals surface area (Å²) in [6.45, 7) is 0. The Morgan fingerprint density at radius 2 is 1.61 bits per heavy atom. The summed E-state index contributed by atoms with van der Waals surface area (Å²) >= 11 is 0. The van der Waals surface area contributed by atoms with Crippen molar-refractivity contribution >= 4 is 22.1 Å². The molecule has 6 heteroatoms. The first-order chi connectivity index (χ1) is 13.3. The van der Waals surface area contributed by atoms with Crippen molar-refractivity contribution in [1.82, 2.24) is 0 Å². The molecule has 3 aromatic rings. The van der Waals surface area contributed by atoms with Crippen LogP contribution >= 0.6 is 0 Å². The lowest BCUT2D eigenvalue weighted by Gasteiger charge is -2.41. The second kappa shape index (κ2) is 6.71. The van der Waals surface area contributed by atoms with Crippen LogP contribution in [-0.4, -0.2) is 27.3 Å². The van der Waals surface area contributed by atoms with Crippen LogP contribution in [0.2, 0.25) is 0 Å². The topological polar surface area (TPSA) is 15.7 Å². The van der Waals surface area contributed by atoms with E-state index in [9.17, 15) is 13.2 Å². The van der Waals surface area contributed by atoms with Gasteiger partial charge in [0.25, 0.3) is 0 Å². The van der Waals surface area contributed by atoms with Gasteiger partial charge in [-0.05, 0) is 6.07 Å². The highest BCUT2D eigenvalue weighted by Crippen LogP contribution is 2.51. The molecule has 3 aromatic carbocycles. The molecule has 28 heavy (non-hydrogen) atoms. The van der Waals surface area contributed by atoms with Gasteiger partial charge in [0, 0.05) is 48.7 Å². The fourth-order valence-electron chi connectivity index (χ4n) is 3.92. The fourth-order valence-corrected chi connectivity index (χ4v) is 3.92. The monoisotopic (exact) mass is 386 g/mol. The van der Waals surface area contributed by atoms with Gasteiger partial charge >= 0.3 is 6.18 Å². The van der Waals surface area contributed by atoms with Gasteiger partial charge in [0.05, 0.1) is 5.69 Å². The van der Waals surface area contributed by atoms with Crippen molar-refractivity contribution in [2.75, 3.05) is 30.9 Å². The molecule has 0 saturated heterocycles. The summed E-state index contributed by atoms with van der Waals surface area (Å²) in [6, 6.07) is 18.0. The van der Waals surface area contributed by atoms with Crippen molar-refractivity contribution in [3.63, 3.8) is 0 Å². The smallest absolute Gasteiger partial charge is 0.377 e. The Bertz CT molecular complexity index is 1000. The lowest BCUT2D eigenvalue weighted by atomic mass is 9.95. The van der Waals surface area contributed by atoms with Gasteiger partial charge < -0.3 is 14.5 Å². The predicted molar refractivity (Wildman–Crippen MR) is 106 cm³/mol. The average Bonchev–Trinajstić information content (AvgIpc) is 2.67. The molecule has 0 spiro atoms. The summed E-state index contributed by atoms with van der Waals surface area (Å²) in [6.07, 6.45) is -7.30. The number of anilines is 2. The predicted octanol–water partition coefficient (Wildman–Crippen LogP) is 5.67. The second-order valence-corrected chi connectivity index (χ2v) is 7.20. The summed E-state index contributed by atoms with van der Waals surface area (Å²) in [5, 5.41) is 1.69. The molecule has 0 saturated carbocycles. The Hall–Kier alpha value is -2.73. The van der Waals surface area contributed by atoms with Crippen LogP contribution in [0.1, 0.15) is 23.5 Å². The zero-order chi connectivity index (χ0) is 20.1. The van der Waals surface area contributed by atoms with Crippen molar-refractivity contribution in [2.45, 2.75) is 18.5 Å². The third-order valence-corrected chi connectivity index (χ3v) is 5.16. The SMILES string of the molecule is CN(C)c1cccc2c3c(ccc12)C(C(F)(F)F)OC(c1ccccc1)N3C. The van der Waals surface area contributed by atoms with Gasteiger partial charge in [0.1, 0.15) is 0 Å². The maximum atomic E-state index is 13.9. The molecule has 0 radical (unpaired) electrons. The molecular weight excluding hydrogens is 365 g/mol. The summed E-state index contributed by atoms with van der Waals surface area (Å²) < 4.78 is 47.3. The summed E-state index contributed by atoms with van der Waals surface area (Å²) in [4.78, 5) is 3.76. The summed E-state index contributed by atoms with van der Waals surface area (Å²) in [5.74, 6) is 0.